The van der Waals surface area contributed by atoms with Crippen molar-refractivity contribution in [3.05, 3.63) is 68.3 Å². The Bertz CT molecular complexity index is 743. The summed E-state index contributed by atoms with van der Waals surface area (Å²) in [7, 11) is 0. The normalized spacial score (nSPS) is 18.7. The SMILES string of the molecule is I.Ic1ccc2c(c1)C(NC1=NCCN1)c1ccccc1CC2. The van der Waals surface area contributed by atoms with Gasteiger partial charge in [-0.25, -0.2) is 0 Å². The molecule has 0 bridgehead atoms. The molecule has 1 aliphatic carbocycles. The number of halogens is 2. The Morgan fingerprint density at radius 2 is 1.83 bits per heavy atom. The smallest absolute Gasteiger partial charge is 0.192 e. The van der Waals surface area contributed by atoms with Crippen molar-refractivity contribution in [1.29, 1.82) is 0 Å². The number of guanidine groups is 1. The second-order valence-corrected chi connectivity index (χ2v) is 7.02. The first kappa shape index (κ1) is 17.0. The second kappa shape index (κ2) is 7.38. The molecule has 5 heteroatoms. The molecule has 1 unspecified atom stereocenters. The third kappa shape index (κ3) is 3.50. The Morgan fingerprint density at radius 3 is 2.61 bits per heavy atom. The van der Waals surface area contributed by atoms with Crippen LogP contribution in [-0.2, 0) is 12.8 Å². The maximum Gasteiger partial charge on any atom is 0.192 e. The lowest BCUT2D eigenvalue weighted by molar-refractivity contribution is 0.739. The zero-order valence-corrected chi connectivity index (χ0v) is 17.2. The van der Waals surface area contributed by atoms with E-state index in [2.05, 4.69) is 80.7 Å². The van der Waals surface area contributed by atoms with E-state index in [1.807, 2.05) is 0 Å². The van der Waals surface area contributed by atoms with E-state index in [0.29, 0.717) is 0 Å². The first-order chi connectivity index (χ1) is 10.8. The highest BCUT2D eigenvalue weighted by Crippen LogP contribution is 2.33. The van der Waals surface area contributed by atoms with Gasteiger partial charge in [-0.3, -0.25) is 4.99 Å². The third-order valence-electron chi connectivity index (χ3n) is 4.40. The average Bonchev–Trinajstić information content (AvgIpc) is 3.00. The van der Waals surface area contributed by atoms with Crippen LogP contribution in [0.15, 0.2) is 47.5 Å². The van der Waals surface area contributed by atoms with Crippen molar-refractivity contribution in [2.45, 2.75) is 18.9 Å². The molecule has 3 nitrogen and oxygen atoms in total. The molecular weight excluding hydrogens is 512 g/mol. The first-order valence-electron chi connectivity index (χ1n) is 7.72. The number of nitrogens with one attached hydrogen (secondary N) is 2. The van der Waals surface area contributed by atoms with Crippen molar-refractivity contribution in [2.75, 3.05) is 13.1 Å². The van der Waals surface area contributed by atoms with Crippen molar-refractivity contribution < 1.29 is 0 Å². The summed E-state index contributed by atoms with van der Waals surface area (Å²) >= 11 is 2.40. The van der Waals surface area contributed by atoms with Gasteiger partial charge in [-0.1, -0.05) is 30.3 Å². The fourth-order valence-corrected chi connectivity index (χ4v) is 3.84. The van der Waals surface area contributed by atoms with Gasteiger partial charge in [0.15, 0.2) is 5.96 Å². The zero-order valence-electron chi connectivity index (χ0n) is 12.7. The summed E-state index contributed by atoms with van der Waals surface area (Å²) in [5, 5.41) is 6.97. The number of aryl methyl sites for hydroxylation is 2. The van der Waals surface area contributed by atoms with Crippen molar-refractivity contribution in [3.8, 4) is 0 Å². The van der Waals surface area contributed by atoms with Crippen LogP contribution in [0.1, 0.15) is 28.3 Å². The van der Waals surface area contributed by atoms with Crippen LogP contribution in [0.2, 0.25) is 0 Å². The Balaban J connectivity index is 0.00000156. The predicted molar refractivity (Wildman–Crippen MR) is 114 cm³/mol. The molecule has 2 N–H and O–H groups in total. The maximum atomic E-state index is 4.52. The molecule has 0 saturated heterocycles. The van der Waals surface area contributed by atoms with Crippen molar-refractivity contribution >= 4 is 52.5 Å². The molecule has 4 rings (SSSR count). The van der Waals surface area contributed by atoms with Crippen molar-refractivity contribution in [2.24, 2.45) is 4.99 Å². The number of rotatable bonds is 1. The maximum absolute atomic E-state index is 4.52. The summed E-state index contributed by atoms with van der Waals surface area (Å²) in [5.41, 5.74) is 5.63. The standard InChI is InChI=1S/C18H18IN3.HI/c19-14-8-7-13-6-5-12-3-1-2-4-15(12)17(16(13)11-14)22-18-20-9-10-21-18;/h1-4,7-8,11,17H,5-6,9-10H2,(H2,20,21,22);1H. The monoisotopic (exact) mass is 531 g/mol. The van der Waals surface area contributed by atoms with Crippen molar-refractivity contribution in [3.63, 3.8) is 0 Å². The minimum absolute atomic E-state index is 0. The summed E-state index contributed by atoms with van der Waals surface area (Å²) < 4.78 is 1.28. The molecule has 0 fully saturated rings. The van der Waals surface area contributed by atoms with E-state index >= 15 is 0 Å². The molecule has 23 heavy (non-hydrogen) atoms. The lowest BCUT2D eigenvalue weighted by Crippen LogP contribution is -2.37. The lowest BCUT2D eigenvalue weighted by atomic mass is 9.95. The van der Waals surface area contributed by atoms with Gasteiger partial charge in [-0.2, -0.15) is 0 Å². The van der Waals surface area contributed by atoms with Gasteiger partial charge in [-0.05, 0) is 69.8 Å². The molecule has 2 aromatic rings. The van der Waals surface area contributed by atoms with Gasteiger partial charge in [0.25, 0.3) is 0 Å². The highest BCUT2D eigenvalue weighted by Gasteiger charge is 2.25. The number of hydrogen-bond donors (Lipinski definition) is 2. The molecule has 1 aliphatic heterocycles. The molecule has 0 radical (unpaired) electrons. The average molecular weight is 531 g/mol. The van der Waals surface area contributed by atoms with Gasteiger partial charge >= 0.3 is 0 Å². The van der Waals surface area contributed by atoms with E-state index in [-0.39, 0.29) is 30.0 Å². The number of fused-ring (bicyclic) bond motifs is 2. The van der Waals surface area contributed by atoms with Crippen LogP contribution in [0.25, 0.3) is 0 Å². The molecule has 0 spiro atoms. The zero-order chi connectivity index (χ0) is 14.9. The summed E-state index contributed by atoms with van der Waals surface area (Å²) in [6, 6.07) is 15.7. The number of hydrogen-bond acceptors (Lipinski definition) is 3. The van der Waals surface area contributed by atoms with Gasteiger partial charge in [0.1, 0.15) is 0 Å². The topological polar surface area (TPSA) is 36.4 Å². The Morgan fingerprint density at radius 1 is 1.04 bits per heavy atom. The van der Waals surface area contributed by atoms with Gasteiger partial charge in [-0.15, -0.1) is 24.0 Å². The molecule has 1 atom stereocenters. The summed E-state index contributed by atoms with van der Waals surface area (Å²) in [6.45, 7) is 1.78. The second-order valence-electron chi connectivity index (χ2n) is 5.78. The highest BCUT2D eigenvalue weighted by atomic mass is 127. The van der Waals surface area contributed by atoms with Gasteiger partial charge < -0.3 is 10.6 Å². The molecule has 1 heterocycles. The quantitative estimate of drug-likeness (QED) is 0.552. The fourth-order valence-electron chi connectivity index (χ4n) is 3.33. The Hall–Kier alpha value is -0.830. The molecule has 0 aromatic heterocycles. The van der Waals surface area contributed by atoms with Gasteiger partial charge in [0.2, 0.25) is 0 Å². The Labute approximate surface area is 167 Å². The molecule has 2 aromatic carbocycles. The minimum Gasteiger partial charge on any atom is -0.355 e. The van der Waals surface area contributed by atoms with E-state index in [0.717, 1.165) is 31.9 Å². The van der Waals surface area contributed by atoms with Crippen LogP contribution in [0.3, 0.4) is 0 Å². The van der Waals surface area contributed by atoms with E-state index in [1.165, 1.54) is 25.8 Å². The van der Waals surface area contributed by atoms with E-state index < -0.39 is 0 Å². The van der Waals surface area contributed by atoms with Crippen LogP contribution in [-0.4, -0.2) is 19.0 Å². The summed E-state index contributed by atoms with van der Waals surface area (Å²) in [5.74, 6) is 0.923. The molecule has 120 valence electrons. The number of aliphatic imine (C=N–C) groups is 1. The van der Waals surface area contributed by atoms with Crippen LogP contribution in [0.4, 0.5) is 0 Å². The third-order valence-corrected chi connectivity index (χ3v) is 5.07. The molecular formula is C18H19I2N3. The lowest BCUT2D eigenvalue weighted by Gasteiger charge is -2.23. The minimum atomic E-state index is 0. The van der Waals surface area contributed by atoms with E-state index in [9.17, 15) is 0 Å². The molecule has 0 saturated carbocycles. The van der Waals surface area contributed by atoms with Gasteiger partial charge in [0, 0.05) is 10.1 Å². The molecule has 2 aliphatic rings. The predicted octanol–water partition coefficient (Wildman–Crippen LogP) is 3.65. The van der Waals surface area contributed by atoms with Crippen LogP contribution >= 0.6 is 46.6 Å². The van der Waals surface area contributed by atoms with E-state index in [1.54, 1.807) is 0 Å². The first-order valence-corrected chi connectivity index (χ1v) is 8.80. The van der Waals surface area contributed by atoms with Crippen LogP contribution in [0.5, 0.6) is 0 Å². The molecule has 0 amide bonds. The summed E-state index contributed by atoms with van der Waals surface area (Å²) in [6.07, 6.45) is 2.20. The highest BCUT2D eigenvalue weighted by molar-refractivity contribution is 14.1. The van der Waals surface area contributed by atoms with Crippen molar-refractivity contribution in [1.82, 2.24) is 10.6 Å². The summed E-state index contributed by atoms with van der Waals surface area (Å²) in [4.78, 5) is 4.52. The van der Waals surface area contributed by atoms with Gasteiger partial charge in [0.05, 0.1) is 12.6 Å². The fraction of sp³-hybridized carbons (Fsp3) is 0.278. The largest absolute Gasteiger partial charge is 0.355 e. The Kier molecular flexibility index (Phi) is 5.45. The van der Waals surface area contributed by atoms with Crippen LogP contribution < -0.4 is 10.6 Å². The number of nitrogens with zero attached hydrogens (tertiary/aromatic N) is 1. The van der Waals surface area contributed by atoms with Crippen LogP contribution in [0, 0.1) is 3.57 Å². The number of benzene rings is 2. The van der Waals surface area contributed by atoms with E-state index in [4.69, 9.17) is 0 Å².